The van der Waals surface area contributed by atoms with Gasteiger partial charge >= 0.3 is 0 Å². The molecule has 2 aromatic rings. The molecule has 1 fully saturated rings. The van der Waals surface area contributed by atoms with Gasteiger partial charge < -0.3 is 24.8 Å². The van der Waals surface area contributed by atoms with E-state index < -0.39 is 0 Å². The second-order valence-electron chi connectivity index (χ2n) is 7.50. The van der Waals surface area contributed by atoms with E-state index in [1.807, 2.05) is 24.3 Å². The summed E-state index contributed by atoms with van der Waals surface area (Å²) in [5.41, 5.74) is 0. The van der Waals surface area contributed by atoms with Crippen LogP contribution in [0.25, 0.3) is 10.8 Å². The summed E-state index contributed by atoms with van der Waals surface area (Å²) in [6, 6.07) is 14.4. The maximum atomic E-state index is 5.99. The molecule has 1 aliphatic heterocycles. The van der Waals surface area contributed by atoms with Crippen LogP contribution in [0.2, 0.25) is 0 Å². The molecule has 0 saturated carbocycles. The minimum atomic E-state index is 0. The first-order valence-corrected chi connectivity index (χ1v) is 11.1. The van der Waals surface area contributed by atoms with E-state index in [0.717, 1.165) is 75.9 Å². The number of benzene rings is 2. The molecule has 172 valence electrons. The Bertz CT molecular complexity index is 776. The third-order valence-corrected chi connectivity index (χ3v) is 5.16. The van der Waals surface area contributed by atoms with Gasteiger partial charge in [0.05, 0.1) is 6.54 Å². The van der Waals surface area contributed by atoms with Crippen molar-refractivity contribution in [1.29, 1.82) is 0 Å². The zero-order valence-corrected chi connectivity index (χ0v) is 20.8. The minimum absolute atomic E-state index is 0. The van der Waals surface area contributed by atoms with Crippen LogP contribution in [0, 0.1) is 5.92 Å². The van der Waals surface area contributed by atoms with E-state index in [2.05, 4.69) is 40.7 Å². The summed E-state index contributed by atoms with van der Waals surface area (Å²) in [6.45, 7) is 8.26. The van der Waals surface area contributed by atoms with Crippen LogP contribution in [0.1, 0.15) is 26.2 Å². The van der Waals surface area contributed by atoms with Crippen molar-refractivity contribution in [2.24, 2.45) is 10.9 Å². The van der Waals surface area contributed by atoms with Gasteiger partial charge in [-0.3, -0.25) is 4.99 Å². The van der Waals surface area contributed by atoms with Crippen molar-refractivity contribution < 1.29 is 14.2 Å². The van der Waals surface area contributed by atoms with Crippen LogP contribution in [0.5, 0.6) is 5.75 Å². The lowest BCUT2D eigenvalue weighted by Crippen LogP contribution is -2.39. The van der Waals surface area contributed by atoms with Crippen molar-refractivity contribution in [3.05, 3.63) is 42.5 Å². The molecule has 3 rings (SSSR count). The maximum absolute atomic E-state index is 5.99. The van der Waals surface area contributed by atoms with Gasteiger partial charge in [0.25, 0.3) is 0 Å². The maximum Gasteiger partial charge on any atom is 0.191 e. The number of fused-ring (bicyclic) bond motifs is 1. The summed E-state index contributed by atoms with van der Waals surface area (Å²) < 4.78 is 17.2. The number of guanidine groups is 1. The molecule has 1 aliphatic rings. The highest BCUT2D eigenvalue weighted by Crippen LogP contribution is 2.24. The van der Waals surface area contributed by atoms with E-state index in [9.17, 15) is 0 Å². The fourth-order valence-corrected chi connectivity index (χ4v) is 3.51. The number of nitrogens with zero attached hydrogens (tertiary/aromatic N) is 1. The third-order valence-electron chi connectivity index (χ3n) is 5.16. The van der Waals surface area contributed by atoms with Gasteiger partial charge in [-0.15, -0.1) is 24.0 Å². The average molecular weight is 541 g/mol. The zero-order valence-electron chi connectivity index (χ0n) is 18.5. The monoisotopic (exact) mass is 541 g/mol. The largest absolute Gasteiger partial charge is 0.491 e. The topological polar surface area (TPSA) is 64.1 Å². The zero-order chi connectivity index (χ0) is 20.9. The van der Waals surface area contributed by atoms with Gasteiger partial charge in [0.1, 0.15) is 12.4 Å². The predicted molar refractivity (Wildman–Crippen MR) is 138 cm³/mol. The van der Waals surface area contributed by atoms with Gasteiger partial charge in [-0.1, -0.05) is 36.4 Å². The quantitative estimate of drug-likeness (QED) is 0.193. The summed E-state index contributed by atoms with van der Waals surface area (Å²) in [5, 5.41) is 8.95. The Kier molecular flexibility index (Phi) is 12.6. The van der Waals surface area contributed by atoms with Gasteiger partial charge in [-0.25, -0.2) is 0 Å². The normalized spacial score (nSPS) is 14.8. The Morgan fingerprint density at radius 1 is 1.06 bits per heavy atom. The van der Waals surface area contributed by atoms with Crippen LogP contribution in [0.4, 0.5) is 0 Å². The molecule has 0 bridgehead atoms. The molecule has 1 heterocycles. The summed E-state index contributed by atoms with van der Waals surface area (Å²) >= 11 is 0. The lowest BCUT2D eigenvalue weighted by Gasteiger charge is -2.21. The number of hydrogen-bond donors (Lipinski definition) is 2. The Morgan fingerprint density at radius 3 is 2.71 bits per heavy atom. The molecule has 7 heteroatoms. The Morgan fingerprint density at radius 2 is 1.87 bits per heavy atom. The molecule has 0 spiro atoms. The lowest BCUT2D eigenvalue weighted by molar-refractivity contribution is 0.0205. The number of hydrogen-bond acceptors (Lipinski definition) is 4. The van der Waals surface area contributed by atoms with Gasteiger partial charge in [-0.2, -0.15) is 0 Å². The fraction of sp³-hybridized carbons (Fsp3) is 0.542. The molecule has 2 N–H and O–H groups in total. The molecular weight excluding hydrogens is 505 g/mol. The molecular formula is C24H36IN3O3. The van der Waals surface area contributed by atoms with Gasteiger partial charge in [-0.05, 0) is 43.6 Å². The molecule has 0 radical (unpaired) electrons. The van der Waals surface area contributed by atoms with Crippen molar-refractivity contribution >= 4 is 40.7 Å². The second kappa shape index (κ2) is 15.3. The Hall–Kier alpha value is -1.58. The highest BCUT2D eigenvalue weighted by molar-refractivity contribution is 14.0. The van der Waals surface area contributed by atoms with E-state index in [4.69, 9.17) is 14.2 Å². The van der Waals surface area contributed by atoms with E-state index >= 15 is 0 Å². The Balaban J connectivity index is 0.00000341. The summed E-state index contributed by atoms with van der Waals surface area (Å²) in [6.07, 6.45) is 3.16. The average Bonchev–Trinajstić information content (AvgIpc) is 2.79. The highest BCUT2D eigenvalue weighted by Gasteiger charge is 2.13. The SMILES string of the molecule is CCNC(=NCCCOCC1CCOCC1)NCCOc1cccc2ccccc12.I. The van der Waals surface area contributed by atoms with Crippen molar-refractivity contribution in [2.75, 3.05) is 52.7 Å². The molecule has 31 heavy (non-hydrogen) atoms. The van der Waals surface area contributed by atoms with Crippen molar-refractivity contribution in [3.63, 3.8) is 0 Å². The standard InChI is InChI=1S/C24H35N3O3.HI/c1-2-25-24(26-13-6-15-29-19-20-11-16-28-17-12-20)27-14-18-30-23-10-5-8-21-7-3-4-9-22(21)23;/h3-5,7-10,20H,2,6,11-19H2,1H3,(H2,25,26,27);1H. The highest BCUT2D eigenvalue weighted by atomic mass is 127. The predicted octanol–water partition coefficient (Wildman–Crippen LogP) is 4.23. The number of rotatable bonds is 11. The number of ether oxygens (including phenoxy) is 3. The Labute approximate surface area is 203 Å². The number of halogens is 1. The lowest BCUT2D eigenvalue weighted by atomic mass is 10.0. The van der Waals surface area contributed by atoms with E-state index in [0.29, 0.717) is 19.1 Å². The fourth-order valence-electron chi connectivity index (χ4n) is 3.51. The number of nitrogens with one attached hydrogen (secondary N) is 2. The van der Waals surface area contributed by atoms with Gasteiger partial charge in [0.2, 0.25) is 0 Å². The number of aliphatic imine (C=N–C) groups is 1. The molecule has 0 aliphatic carbocycles. The summed E-state index contributed by atoms with van der Waals surface area (Å²) in [5.74, 6) is 2.39. The van der Waals surface area contributed by atoms with Gasteiger partial charge in [0, 0.05) is 44.9 Å². The molecule has 0 atom stereocenters. The first-order valence-electron chi connectivity index (χ1n) is 11.1. The molecule has 0 amide bonds. The smallest absolute Gasteiger partial charge is 0.191 e. The van der Waals surface area contributed by atoms with E-state index in [-0.39, 0.29) is 24.0 Å². The molecule has 1 saturated heterocycles. The van der Waals surface area contributed by atoms with Crippen LogP contribution in [0.15, 0.2) is 47.5 Å². The van der Waals surface area contributed by atoms with Crippen LogP contribution >= 0.6 is 24.0 Å². The van der Waals surface area contributed by atoms with Gasteiger partial charge in [0.15, 0.2) is 5.96 Å². The van der Waals surface area contributed by atoms with Crippen LogP contribution in [0.3, 0.4) is 0 Å². The summed E-state index contributed by atoms with van der Waals surface area (Å²) in [7, 11) is 0. The summed E-state index contributed by atoms with van der Waals surface area (Å²) in [4.78, 5) is 4.63. The van der Waals surface area contributed by atoms with Crippen LogP contribution < -0.4 is 15.4 Å². The van der Waals surface area contributed by atoms with E-state index in [1.54, 1.807) is 0 Å². The second-order valence-corrected chi connectivity index (χ2v) is 7.50. The molecule has 2 aromatic carbocycles. The molecule has 6 nitrogen and oxygen atoms in total. The minimum Gasteiger partial charge on any atom is -0.491 e. The first kappa shape index (κ1) is 25.7. The van der Waals surface area contributed by atoms with Crippen molar-refractivity contribution in [3.8, 4) is 5.75 Å². The third kappa shape index (κ3) is 9.21. The van der Waals surface area contributed by atoms with Crippen LogP contribution in [-0.2, 0) is 9.47 Å². The van der Waals surface area contributed by atoms with E-state index in [1.165, 1.54) is 5.39 Å². The van der Waals surface area contributed by atoms with Crippen molar-refractivity contribution in [2.45, 2.75) is 26.2 Å². The van der Waals surface area contributed by atoms with Crippen LogP contribution in [-0.4, -0.2) is 58.6 Å². The first-order chi connectivity index (χ1) is 14.9. The molecule has 0 aromatic heterocycles. The molecule has 0 unspecified atom stereocenters. The van der Waals surface area contributed by atoms with Crippen molar-refractivity contribution in [1.82, 2.24) is 10.6 Å².